The standard InChI is InChI=1S/C17H18N2O2/c1-12-7-8-14(16(21)19-12)15(20)18-11-17(9-10-17)13-5-3-2-4-6-13/h2-8H,9-11H2,1H3,(H,18,20)(H,19,21). The highest BCUT2D eigenvalue weighted by Gasteiger charge is 2.44. The molecule has 1 saturated carbocycles. The Bertz CT molecular complexity index is 715. The zero-order valence-electron chi connectivity index (χ0n) is 12.0. The molecule has 1 heterocycles. The normalized spacial score (nSPS) is 15.5. The summed E-state index contributed by atoms with van der Waals surface area (Å²) in [6.07, 6.45) is 2.14. The molecule has 4 nitrogen and oxygen atoms in total. The van der Waals surface area contributed by atoms with E-state index in [1.165, 1.54) is 5.56 Å². The van der Waals surface area contributed by atoms with Crippen molar-refractivity contribution in [2.75, 3.05) is 6.54 Å². The lowest BCUT2D eigenvalue weighted by atomic mass is 9.96. The lowest BCUT2D eigenvalue weighted by Crippen LogP contribution is -2.35. The van der Waals surface area contributed by atoms with Crippen LogP contribution in [0.25, 0.3) is 0 Å². The zero-order valence-corrected chi connectivity index (χ0v) is 12.0. The third-order valence-electron chi connectivity index (χ3n) is 4.13. The van der Waals surface area contributed by atoms with Crippen molar-refractivity contribution in [1.29, 1.82) is 0 Å². The Kier molecular flexibility index (Phi) is 3.37. The number of carbonyl (C=O) groups excluding carboxylic acids is 1. The Morgan fingerprint density at radius 3 is 2.52 bits per heavy atom. The first kappa shape index (κ1) is 13.6. The molecule has 2 aromatic rings. The molecule has 4 heteroatoms. The molecule has 1 aromatic carbocycles. The van der Waals surface area contributed by atoms with E-state index in [0.717, 1.165) is 18.5 Å². The van der Waals surface area contributed by atoms with E-state index in [9.17, 15) is 9.59 Å². The number of pyridine rings is 1. The van der Waals surface area contributed by atoms with Crippen LogP contribution in [-0.2, 0) is 5.41 Å². The van der Waals surface area contributed by atoms with Crippen LogP contribution in [0.3, 0.4) is 0 Å². The monoisotopic (exact) mass is 282 g/mol. The molecule has 0 atom stereocenters. The molecule has 1 aromatic heterocycles. The fourth-order valence-corrected chi connectivity index (χ4v) is 2.61. The Hall–Kier alpha value is -2.36. The van der Waals surface area contributed by atoms with E-state index in [-0.39, 0.29) is 22.4 Å². The van der Waals surface area contributed by atoms with Crippen LogP contribution >= 0.6 is 0 Å². The van der Waals surface area contributed by atoms with Crippen molar-refractivity contribution in [2.45, 2.75) is 25.2 Å². The van der Waals surface area contributed by atoms with Crippen molar-refractivity contribution in [3.05, 3.63) is 69.6 Å². The molecule has 1 aliphatic rings. The van der Waals surface area contributed by atoms with Crippen molar-refractivity contribution in [3.8, 4) is 0 Å². The summed E-state index contributed by atoms with van der Waals surface area (Å²) in [5.41, 5.74) is 1.89. The average molecular weight is 282 g/mol. The van der Waals surface area contributed by atoms with Crippen LogP contribution in [0.5, 0.6) is 0 Å². The number of rotatable bonds is 4. The van der Waals surface area contributed by atoms with E-state index in [2.05, 4.69) is 22.4 Å². The van der Waals surface area contributed by atoms with Gasteiger partial charge in [-0.05, 0) is 37.5 Å². The number of benzene rings is 1. The van der Waals surface area contributed by atoms with Crippen molar-refractivity contribution < 1.29 is 4.79 Å². The predicted octanol–water partition coefficient (Wildman–Crippen LogP) is 2.14. The largest absolute Gasteiger partial charge is 0.351 e. The first-order valence-electron chi connectivity index (χ1n) is 7.14. The number of carbonyl (C=O) groups is 1. The summed E-state index contributed by atoms with van der Waals surface area (Å²) in [5.74, 6) is -0.307. The number of hydrogen-bond acceptors (Lipinski definition) is 2. The summed E-state index contributed by atoms with van der Waals surface area (Å²) in [7, 11) is 0. The third kappa shape index (κ3) is 2.75. The molecule has 0 spiro atoms. The second-order valence-corrected chi connectivity index (χ2v) is 5.71. The molecular formula is C17H18N2O2. The zero-order chi connectivity index (χ0) is 14.9. The van der Waals surface area contributed by atoms with Crippen LogP contribution in [0, 0.1) is 6.92 Å². The van der Waals surface area contributed by atoms with Crippen LogP contribution in [0.1, 0.15) is 34.5 Å². The molecule has 2 N–H and O–H groups in total. The van der Waals surface area contributed by atoms with Gasteiger partial charge in [0.2, 0.25) is 0 Å². The van der Waals surface area contributed by atoms with Gasteiger partial charge in [-0.3, -0.25) is 9.59 Å². The lowest BCUT2D eigenvalue weighted by molar-refractivity contribution is 0.0948. The maximum absolute atomic E-state index is 12.2. The number of nitrogens with one attached hydrogen (secondary N) is 2. The summed E-state index contributed by atoms with van der Waals surface area (Å²) in [6.45, 7) is 2.36. The number of H-pyrrole nitrogens is 1. The van der Waals surface area contributed by atoms with E-state index in [4.69, 9.17) is 0 Å². The number of amides is 1. The minimum atomic E-state index is -0.336. The van der Waals surface area contributed by atoms with Gasteiger partial charge in [-0.15, -0.1) is 0 Å². The molecule has 3 rings (SSSR count). The van der Waals surface area contributed by atoms with Gasteiger partial charge in [0.25, 0.3) is 11.5 Å². The second-order valence-electron chi connectivity index (χ2n) is 5.71. The maximum atomic E-state index is 12.2. The van der Waals surface area contributed by atoms with Crippen LogP contribution < -0.4 is 10.9 Å². The molecule has 0 unspecified atom stereocenters. The Balaban J connectivity index is 1.71. The average Bonchev–Trinajstić information content (AvgIpc) is 3.27. The van der Waals surface area contributed by atoms with E-state index in [1.807, 2.05) is 18.2 Å². The molecule has 0 aliphatic heterocycles. The predicted molar refractivity (Wildman–Crippen MR) is 81.5 cm³/mol. The fourth-order valence-electron chi connectivity index (χ4n) is 2.61. The number of hydrogen-bond donors (Lipinski definition) is 2. The molecular weight excluding hydrogens is 264 g/mol. The van der Waals surface area contributed by atoms with Crippen molar-refractivity contribution >= 4 is 5.91 Å². The molecule has 0 radical (unpaired) electrons. The van der Waals surface area contributed by atoms with Crippen LogP contribution in [0.2, 0.25) is 0 Å². The maximum Gasteiger partial charge on any atom is 0.260 e. The molecule has 0 bridgehead atoms. The summed E-state index contributed by atoms with van der Waals surface area (Å²) >= 11 is 0. The summed E-state index contributed by atoms with van der Waals surface area (Å²) in [6, 6.07) is 13.5. The molecule has 1 amide bonds. The van der Waals surface area contributed by atoms with Gasteiger partial charge in [0, 0.05) is 17.7 Å². The van der Waals surface area contributed by atoms with Gasteiger partial charge < -0.3 is 10.3 Å². The highest BCUT2D eigenvalue weighted by atomic mass is 16.2. The van der Waals surface area contributed by atoms with Gasteiger partial charge >= 0.3 is 0 Å². The third-order valence-corrected chi connectivity index (χ3v) is 4.13. The highest BCUT2D eigenvalue weighted by molar-refractivity contribution is 5.93. The molecule has 1 fully saturated rings. The van der Waals surface area contributed by atoms with E-state index in [1.54, 1.807) is 19.1 Å². The minimum absolute atomic E-state index is 0.0500. The number of aryl methyl sites for hydroxylation is 1. The van der Waals surface area contributed by atoms with Crippen molar-refractivity contribution in [1.82, 2.24) is 10.3 Å². The van der Waals surface area contributed by atoms with Gasteiger partial charge in [-0.25, -0.2) is 0 Å². The van der Waals surface area contributed by atoms with Gasteiger partial charge in [0.1, 0.15) is 5.56 Å². The number of aromatic amines is 1. The Morgan fingerprint density at radius 1 is 1.19 bits per heavy atom. The molecule has 1 aliphatic carbocycles. The smallest absolute Gasteiger partial charge is 0.260 e. The Morgan fingerprint density at radius 2 is 1.90 bits per heavy atom. The van der Waals surface area contributed by atoms with Crippen molar-refractivity contribution in [2.24, 2.45) is 0 Å². The molecule has 108 valence electrons. The summed E-state index contributed by atoms with van der Waals surface area (Å²) in [5, 5.41) is 2.90. The van der Waals surface area contributed by atoms with Crippen LogP contribution in [-0.4, -0.2) is 17.4 Å². The van der Waals surface area contributed by atoms with Gasteiger partial charge in [0.15, 0.2) is 0 Å². The van der Waals surface area contributed by atoms with Crippen LogP contribution in [0.15, 0.2) is 47.3 Å². The summed E-state index contributed by atoms with van der Waals surface area (Å²) in [4.78, 5) is 26.6. The van der Waals surface area contributed by atoms with Crippen molar-refractivity contribution in [3.63, 3.8) is 0 Å². The van der Waals surface area contributed by atoms with Gasteiger partial charge in [-0.1, -0.05) is 30.3 Å². The van der Waals surface area contributed by atoms with E-state index < -0.39 is 0 Å². The summed E-state index contributed by atoms with van der Waals surface area (Å²) < 4.78 is 0. The molecule has 21 heavy (non-hydrogen) atoms. The molecule has 0 saturated heterocycles. The topological polar surface area (TPSA) is 62.0 Å². The van der Waals surface area contributed by atoms with Gasteiger partial charge in [0.05, 0.1) is 0 Å². The first-order valence-corrected chi connectivity index (χ1v) is 7.14. The second kappa shape index (κ2) is 5.20. The highest BCUT2D eigenvalue weighted by Crippen LogP contribution is 2.47. The first-order chi connectivity index (χ1) is 10.1. The van der Waals surface area contributed by atoms with E-state index >= 15 is 0 Å². The number of aromatic nitrogens is 1. The van der Waals surface area contributed by atoms with Crippen LogP contribution in [0.4, 0.5) is 0 Å². The lowest BCUT2D eigenvalue weighted by Gasteiger charge is -2.16. The minimum Gasteiger partial charge on any atom is -0.351 e. The van der Waals surface area contributed by atoms with Gasteiger partial charge in [-0.2, -0.15) is 0 Å². The van der Waals surface area contributed by atoms with E-state index in [0.29, 0.717) is 6.54 Å². The SMILES string of the molecule is Cc1ccc(C(=O)NCC2(c3ccccc3)CC2)c(=O)[nH]1. The Labute approximate surface area is 123 Å². The fraction of sp³-hybridized carbons (Fsp3) is 0.294. The quantitative estimate of drug-likeness (QED) is 0.902.